The molecule has 2 saturated carbocycles. The van der Waals surface area contributed by atoms with Gasteiger partial charge in [-0.2, -0.15) is 0 Å². The first-order valence-corrected chi connectivity index (χ1v) is 6.02. The summed E-state index contributed by atoms with van der Waals surface area (Å²) < 4.78 is 5.76. The van der Waals surface area contributed by atoms with E-state index >= 15 is 0 Å². The van der Waals surface area contributed by atoms with E-state index in [4.69, 9.17) is 4.42 Å². The zero-order valence-corrected chi connectivity index (χ0v) is 9.20. The monoisotopic (exact) mass is 206 g/mol. The van der Waals surface area contributed by atoms with Gasteiger partial charge in [0.1, 0.15) is 5.76 Å². The van der Waals surface area contributed by atoms with E-state index in [1.807, 2.05) is 6.20 Å². The molecule has 1 aromatic rings. The normalized spacial score (nSPS) is 33.0. The molecule has 82 valence electrons. The molecule has 3 nitrogen and oxygen atoms in total. The Kier molecular flexibility index (Phi) is 2.28. The van der Waals surface area contributed by atoms with Crippen molar-refractivity contribution in [1.82, 2.24) is 10.3 Å². The molecule has 1 N–H and O–H groups in total. The average molecular weight is 206 g/mol. The van der Waals surface area contributed by atoms with E-state index in [1.165, 1.54) is 19.3 Å². The molecule has 3 heteroatoms. The van der Waals surface area contributed by atoms with E-state index in [-0.39, 0.29) is 0 Å². The molecule has 3 rings (SSSR count). The molecular weight excluding hydrogens is 188 g/mol. The topological polar surface area (TPSA) is 38.1 Å². The van der Waals surface area contributed by atoms with Gasteiger partial charge in [-0.1, -0.05) is 6.92 Å². The van der Waals surface area contributed by atoms with Crippen LogP contribution in [0, 0.1) is 11.8 Å². The molecule has 0 saturated heterocycles. The maximum absolute atomic E-state index is 5.76. The molecule has 1 aromatic heterocycles. The first-order valence-electron chi connectivity index (χ1n) is 6.02. The fraction of sp³-hybridized carbons (Fsp3) is 0.750. The minimum absolute atomic E-state index is 0.664. The lowest BCUT2D eigenvalue weighted by molar-refractivity contribution is 0.402. The first kappa shape index (κ1) is 9.40. The van der Waals surface area contributed by atoms with Crippen LogP contribution in [-0.4, -0.2) is 11.5 Å². The highest BCUT2D eigenvalue weighted by atomic mass is 16.4. The van der Waals surface area contributed by atoms with Crippen molar-refractivity contribution < 1.29 is 4.42 Å². The predicted octanol–water partition coefficient (Wildman–Crippen LogP) is 2.30. The van der Waals surface area contributed by atoms with Gasteiger partial charge in [-0.25, -0.2) is 4.98 Å². The lowest BCUT2D eigenvalue weighted by atomic mass is 10.0. The minimum Gasteiger partial charge on any atom is -0.444 e. The van der Waals surface area contributed by atoms with Crippen LogP contribution in [0.1, 0.15) is 43.8 Å². The molecule has 2 aliphatic carbocycles. The van der Waals surface area contributed by atoms with Crippen LogP contribution in [0.2, 0.25) is 0 Å². The Morgan fingerprint density at radius 3 is 2.93 bits per heavy atom. The average Bonchev–Trinajstić information content (AvgIpc) is 2.71. The Labute approximate surface area is 90.3 Å². The van der Waals surface area contributed by atoms with E-state index < -0.39 is 0 Å². The highest BCUT2D eigenvalue weighted by Crippen LogP contribution is 2.57. The van der Waals surface area contributed by atoms with E-state index in [9.17, 15) is 0 Å². The van der Waals surface area contributed by atoms with Crippen molar-refractivity contribution >= 4 is 0 Å². The summed E-state index contributed by atoms with van der Waals surface area (Å²) in [5, 5.41) is 3.23. The second-order valence-electron chi connectivity index (χ2n) is 4.86. The highest BCUT2D eigenvalue weighted by Gasteiger charge is 2.47. The van der Waals surface area contributed by atoms with Gasteiger partial charge in [0.05, 0.1) is 12.7 Å². The Balaban J connectivity index is 1.63. The van der Waals surface area contributed by atoms with Crippen LogP contribution in [0.25, 0.3) is 0 Å². The number of nitrogens with one attached hydrogen (secondary N) is 1. The molecule has 2 unspecified atom stereocenters. The molecule has 0 amide bonds. The lowest BCUT2D eigenvalue weighted by Crippen LogP contribution is -2.11. The van der Waals surface area contributed by atoms with Crippen molar-refractivity contribution in [2.75, 3.05) is 6.54 Å². The fourth-order valence-corrected chi connectivity index (χ4v) is 2.77. The van der Waals surface area contributed by atoms with Gasteiger partial charge in [0.15, 0.2) is 0 Å². The second-order valence-corrected chi connectivity index (χ2v) is 4.86. The van der Waals surface area contributed by atoms with Gasteiger partial charge in [-0.15, -0.1) is 0 Å². The number of oxazole rings is 1. The summed E-state index contributed by atoms with van der Waals surface area (Å²) in [7, 11) is 0. The fourth-order valence-electron chi connectivity index (χ4n) is 2.77. The SMILES string of the molecule is CCNCc1ncc(C2CC3CC3C2)o1. The van der Waals surface area contributed by atoms with E-state index in [1.54, 1.807) is 0 Å². The molecule has 0 aliphatic heterocycles. The van der Waals surface area contributed by atoms with Crippen LogP contribution in [0.15, 0.2) is 10.6 Å². The Hall–Kier alpha value is -0.830. The summed E-state index contributed by atoms with van der Waals surface area (Å²) >= 11 is 0. The quantitative estimate of drug-likeness (QED) is 0.821. The summed E-state index contributed by atoms with van der Waals surface area (Å²) in [6.45, 7) is 3.82. The number of nitrogens with zero attached hydrogens (tertiary/aromatic N) is 1. The number of rotatable bonds is 4. The zero-order valence-electron chi connectivity index (χ0n) is 9.20. The Bertz CT molecular complexity index is 337. The Morgan fingerprint density at radius 1 is 1.40 bits per heavy atom. The third kappa shape index (κ3) is 1.81. The summed E-state index contributed by atoms with van der Waals surface area (Å²) in [5.41, 5.74) is 0. The summed E-state index contributed by atoms with van der Waals surface area (Å²) in [5.74, 6) is 4.65. The molecular formula is C12H18N2O. The maximum Gasteiger partial charge on any atom is 0.208 e. The van der Waals surface area contributed by atoms with Crippen molar-refractivity contribution in [1.29, 1.82) is 0 Å². The second kappa shape index (κ2) is 3.63. The number of hydrogen-bond donors (Lipinski definition) is 1. The smallest absolute Gasteiger partial charge is 0.208 e. The third-order valence-corrected chi connectivity index (χ3v) is 3.74. The standard InChI is InChI=1S/C12H18N2O/c1-2-13-7-12-14-6-11(15-12)10-4-8-3-9(8)5-10/h6,8-10,13H,2-5,7H2,1H3. The van der Waals surface area contributed by atoms with Gasteiger partial charge in [0.25, 0.3) is 0 Å². The first-order chi connectivity index (χ1) is 7.36. The van der Waals surface area contributed by atoms with Gasteiger partial charge >= 0.3 is 0 Å². The molecule has 0 spiro atoms. The summed E-state index contributed by atoms with van der Waals surface area (Å²) in [6.07, 6.45) is 6.07. The van der Waals surface area contributed by atoms with Gasteiger partial charge < -0.3 is 9.73 Å². The largest absolute Gasteiger partial charge is 0.444 e. The van der Waals surface area contributed by atoms with E-state index in [2.05, 4.69) is 17.2 Å². The molecule has 0 radical (unpaired) electrons. The van der Waals surface area contributed by atoms with Crippen molar-refractivity contribution in [3.63, 3.8) is 0 Å². The van der Waals surface area contributed by atoms with Gasteiger partial charge in [0, 0.05) is 5.92 Å². The van der Waals surface area contributed by atoms with Crippen LogP contribution in [0.3, 0.4) is 0 Å². The molecule has 0 aromatic carbocycles. The van der Waals surface area contributed by atoms with Crippen LogP contribution in [0.5, 0.6) is 0 Å². The molecule has 15 heavy (non-hydrogen) atoms. The summed E-state index contributed by atoms with van der Waals surface area (Å²) in [6, 6.07) is 0. The van der Waals surface area contributed by atoms with Crippen molar-refractivity contribution in [3.8, 4) is 0 Å². The van der Waals surface area contributed by atoms with Crippen LogP contribution >= 0.6 is 0 Å². The number of aromatic nitrogens is 1. The maximum atomic E-state index is 5.76. The van der Waals surface area contributed by atoms with Crippen molar-refractivity contribution in [2.45, 2.75) is 38.6 Å². The Morgan fingerprint density at radius 2 is 2.20 bits per heavy atom. The van der Waals surface area contributed by atoms with Crippen LogP contribution in [-0.2, 0) is 6.54 Å². The molecule has 2 fully saturated rings. The van der Waals surface area contributed by atoms with Crippen molar-refractivity contribution in [2.24, 2.45) is 11.8 Å². The van der Waals surface area contributed by atoms with Gasteiger partial charge in [0.2, 0.25) is 5.89 Å². The minimum atomic E-state index is 0.664. The van der Waals surface area contributed by atoms with E-state index in [0.717, 1.165) is 36.6 Å². The molecule has 2 atom stereocenters. The predicted molar refractivity (Wildman–Crippen MR) is 57.5 cm³/mol. The third-order valence-electron chi connectivity index (χ3n) is 3.74. The lowest BCUT2D eigenvalue weighted by Gasteiger charge is -2.06. The molecule has 2 aliphatic rings. The number of hydrogen-bond acceptors (Lipinski definition) is 3. The van der Waals surface area contributed by atoms with Gasteiger partial charge in [-0.05, 0) is 37.6 Å². The molecule has 0 bridgehead atoms. The van der Waals surface area contributed by atoms with Crippen LogP contribution in [0.4, 0.5) is 0 Å². The molecule has 1 heterocycles. The van der Waals surface area contributed by atoms with Gasteiger partial charge in [-0.3, -0.25) is 0 Å². The van der Waals surface area contributed by atoms with Crippen LogP contribution < -0.4 is 5.32 Å². The zero-order chi connectivity index (χ0) is 10.3. The van der Waals surface area contributed by atoms with Crippen molar-refractivity contribution in [3.05, 3.63) is 17.8 Å². The number of fused-ring (bicyclic) bond motifs is 1. The summed E-state index contributed by atoms with van der Waals surface area (Å²) in [4.78, 5) is 4.31. The van der Waals surface area contributed by atoms with E-state index in [0.29, 0.717) is 5.92 Å². The highest BCUT2D eigenvalue weighted by molar-refractivity contribution is 5.10.